The van der Waals surface area contributed by atoms with Gasteiger partial charge in [0.05, 0.1) is 13.2 Å². The monoisotopic (exact) mass is 392 g/mol. The second-order valence-corrected chi connectivity index (χ2v) is 6.64. The molecule has 0 saturated carbocycles. The molecule has 1 aliphatic heterocycles. The van der Waals surface area contributed by atoms with Gasteiger partial charge in [0.15, 0.2) is 0 Å². The number of β-amino-alcohol motifs (C(OH)–C–C–N with tert-alkyl or cyclic N) is 1. The van der Waals surface area contributed by atoms with E-state index in [1.807, 2.05) is 24.3 Å². The molecule has 0 unspecified atom stereocenters. The van der Waals surface area contributed by atoms with Crippen LogP contribution in [-0.4, -0.2) is 43.1 Å². The number of rotatable bonds is 6. The summed E-state index contributed by atoms with van der Waals surface area (Å²) in [6, 6.07) is 10.2. The van der Waals surface area contributed by atoms with Crippen molar-refractivity contribution in [2.45, 2.75) is 31.2 Å². The van der Waals surface area contributed by atoms with Crippen LogP contribution in [0.4, 0.5) is 13.6 Å². The van der Waals surface area contributed by atoms with E-state index in [1.54, 1.807) is 7.11 Å². The van der Waals surface area contributed by atoms with E-state index >= 15 is 0 Å². The Hall–Kier alpha value is -2.71. The third-order valence-electron chi connectivity index (χ3n) is 4.58. The molecule has 3 rings (SSSR count). The number of ether oxygens (including phenoxy) is 2. The molecule has 0 spiro atoms. The molecule has 150 valence electrons. The molecule has 6 nitrogen and oxygen atoms in total. The first-order valence-electron chi connectivity index (χ1n) is 8.88. The fourth-order valence-corrected chi connectivity index (χ4v) is 3.19. The van der Waals surface area contributed by atoms with Gasteiger partial charge >= 0.3 is 6.09 Å². The predicted molar refractivity (Wildman–Crippen MR) is 98.0 cm³/mol. The van der Waals surface area contributed by atoms with E-state index in [9.17, 15) is 18.7 Å². The van der Waals surface area contributed by atoms with Crippen LogP contribution >= 0.6 is 0 Å². The maximum absolute atomic E-state index is 13.2. The van der Waals surface area contributed by atoms with Gasteiger partial charge in [-0.2, -0.15) is 0 Å². The second kappa shape index (κ2) is 8.99. The Labute approximate surface area is 161 Å². The largest absolute Gasteiger partial charge is 0.497 e. The van der Waals surface area contributed by atoms with Crippen molar-refractivity contribution in [3.05, 3.63) is 65.2 Å². The Balaban J connectivity index is 1.56. The van der Waals surface area contributed by atoms with Gasteiger partial charge in [0.2, 0.25) is 0 Å². The van der Waals surface area contributed by atoms with Crippen LogP contribution in [-0.2, 0) is 17.7 Å². The highest BCUT2D eigenvalue weighted by atomic mass is 19.1. The average molecular weight is 392 g/mol. The first-order valence-corrected chi connectivity index (χ1v) is 8.88. The number of hydrogen-bond acceptors (Lipinski definition) is 5. The Kier molecular flexibility index (Phi) is 6.43. The summed E-state index contributed by atoms with van der Waals surface area (Å²) in [7, 11) is 1.59. The SMILES string of the molecule is COc1ccc(C[C@H]2NC[C@H](O)[C@H]2OC(=O)NCc2cc(F)cc(F)c2)cc1. The van der Waals surface area contributed by atoms with Crippen molar-refractivity contribution >= 4 is 6.09 Å². The van der Waals surface area contributed by atoms with Gasteiger partial charge in [-0.05, 0) is 41.8 Å². The van der Waals surface area contributed by atoms with Gasteiger partial charge in [0.1, 0.15) is 29.6 Å². The van der Waals surface area contributed by atoms with Crippen molar-refractivity contribution in [1.29, 1.82) is 0 Å². The zero-order valence-corrected chi connectivity index (χ0v) is 15.3. The summed E-state index contributed by atoms with van der Waals surface area (Å²) in [6.45, 7) is 0.209. The molecule has 1 amide bonds. The van der Waals surface area contributed by atoms with Gasteiger partial charge in [0.25, 0.3) is 0 Å². The van der Waals surface area contributed by atoms with E-state index in [-0.39, 0.29) is 18.2 Å². The van der Waals surface area contributed by atoms with Crippen molar-refractivity contribution in [3.8, 4) is 5.75 Å². The first-order chi connectivity index (χ1) is 13.4. The lowest BCUT2D eigenvalue weighted by Crippen LogP contribution is -2.41. The second-order valence-electron chi connectivity index (χ2n) is 6.64. The lowest BCUT2D eigenvalue weighted by molar-refractivity contribution is 0.0188. The highest BCUT2D eigenvalue weighted by Crippen LogP contribution is 2.19. The fraction of sp³-hybridized carbons (Fsp3) is 0.350. The van der Waals surface area contributed by atoms with Crippen molar-refractivity contribution in [1.82, 2.24) is 10.6 Å². The van der Waals surface area contributed by atoms with Gasteiger partial charge in [0, 0.05) is 19.2 Å². The molecule has 1 aliphatic rings. The molecule has 2 aromatic carbocycles. The van der Waals surface area contributed by atoms with Crippen LogP contribution in [0.3, 0.4) is 0 Å². The summed E-state index contributed by atoms with van der Waals surface area (Å²) >= 11 is 0. The molecule has 0 aliphatic carbocycles. The Morgan fingerprint density at radius 1 is 1.18 bits per heavy atom. The average Bonchev–Trinajstić information content (AvgIpc) is 3.00. The van der Waals surface area contributed by atoms with Crippen LogP contribution in [0.15, 0.2) is 42.5 Å². The van der Waals surface area contributed by atoms with Crippen LogP contribution in [0.25, 0.3) is 0 Å². The number of halogens is 2. The minimum absolute atomic E-state index is 0.0904. The van der Waals surface area contributed by atoms with E-state index in [2.05, 4.69) is 10.6 Å². The van der Waals surface area contributed by atoms with Gasteiger partial charge < -0.3 is 25.2 Å². The van der Waals surface area contributed by atoms with E-state index in [0.717, 1.165) is 29.5 Å². The number of aliphatic hydroxyl groups excluding tert-OH is 1. The number of carbonyl (C=O) groups is 1. The van der Waals surface area contributed by atoms with Crippen LogP contribution < -0.4 is 15.4 Å². The first kappa shape index (κ1) is 20.0. The molecule has 28 heavy (non-hydrogen) atoms. The smallest absolute Gasteiger partial charge is 0.407 e. The maximum atomic E-state index is 13.2. The molecule has 8 heteroatoms. The molecule has 1 heterocycles. The number of aliphatic hydroxyl groups is 1. The van der Waals surface area contributed by atoms with Gasteiger partial charge in [-0.25, -0.2) is 13.6 Å². The quantitative estimate of drug-likeness (QED) is 0.702. The molecular weight excluding hydrogens is 370 g/mol. The van der Waals surface area contributed by atoms with Gasteiger partial charge in [-0.1, -0.05) is 12.1 Å². The minimum Gasteiger partial charge on any atom is -0.497 e. The van der Waals surface area contributed by atoms with Crippen LogP contribution in [0.2, 0.25) is 0 Å². The van der Waals surface area contributed by atoms with E-state index in [1.165, 1.54) is 0 Å². The number of carbonyl (C=O) groups excluding carboxylic acids is 1. The summed E-state index contributed by atoms with van der Waals surface area (Å²) in [6.07, 6.45) is -1.81. The summed E-state index contributed by atoms with van der Waals surface area (Å²) in [5.74, 6) is -0.704. The number of alkyl carbamates (subject to hydrolysis) is 1. The van der Waals surface area contributed by atoms with E-state index < -0.39 is 29.9 Å². The lowest BCUT2D eigenvalue weighted by Gasteiger charge is -2.22. The summed E-state index contributed by atoms with van der Waals surface area (Å²) < 4.78 is 36.9. The summed E-state index contributed by atoms with van der Waals surface area (Å²) in [5.41, 5.74) is 1.27. The topological polar surface area (TPSA) is 79.8 Å². The normalized spacial score (nSPS) is 21.4. The predicted octanol–water partition coefficient (Wildman–Crippen LogP) is 2.14. The number of benzene rings is 2. The molecule has 0 radical (unpaired) electrons. The standard InChI is InChI=1S/C20H22F2N2O4/c1-27-16-4-2-12(3-5-16)8-17-19(18(25)11-23-17)28-20(26)24-10-13-6-14(21)9-15(22)7-13/h2-7,9,17-19,23,25H,8,10-11H2,1H3,(H,24,26)/t17-,18+,19+/m1/s1. The molecule has 2 aromatic rings. The molecule has 0 aromatic heterocycles. The summed E-state index contributed by atoms with van der Waals surface area (Å²) in [4.78, 5) is 12.1. The zero-order chi connectivity index (χ0) is 20.1. The van der Waals surface area contributed by atoms with Crippen molar-refractivity contribution < 1.29 is 28.2 Å². The van der Waals surface area contributed by atoms with Crippen molar-refractivity contribution in [3.63, 3.8) is 0 Å². The highest BCUT2D eigenvalue weighted by Gasteiger charge is 2.37. The van der Waals surface area contributed by atoms with Crippen LogP contribution in [0.5, 0.6) is 5.75 Å². The Morgan fingerprint density at radius 3 is 2.50 bits per heavy atom. The van der Waals surface area contributed by atoms with Crippen LogP contribution in [0.1, 0.15) is 11.1 Å². The minimum atomic E-state index is -0.847. The van der Waals surface area contributed by atoms with E-state index in [0.29, 0.717) is 13.0 Å². The summed E-state index contributed by atoms with van der Waals surface area (Å²) in [5, 5.41) is 15.7. The van der Waals surface area contributed by atoms with Gasteiger partial charge in [-0.3, -0.25) is 0 Å². The maximum Gasteiger partial charge on any atom is 0.407 e. The lowest BCUT2D eigenvalue weighted by atomic mass is 10.0. The van der Waals surface area contributed by atoms with Crippen molar-refractivity contribution in [2.75, 3.05) is 13.7 Å². The third-order valence-corrected chi connectivity index (χ3v) is 4.58. The fourth-order valence-electron chi connectivity index (χ4n) is 3.19. The molecule has 1 saturated heterocycles. The molecule has 3 N–H and O–H groups in total. The van der Waals surface area contributed by atoms with E-state index in [4.69, 9.17) is 9.47 Å². The number of methoxy groups -OCH3 is 1. The number of hydrogen-bond donors (Lipinski definition) is 3. The molecule has 0 bridgehead atoms. The van der Waals surface area contributed by atoms with Crippen LogP contribution in [0, 0.1) is 11.6 Å². The third kappa shape index (κ3) is 5.17. The molecule has 3 atom stereocenters. The van der Waals surface area contributed by atoms with Gasteiger partial charge in [-0.15, -0.1) is 0 Å². The molecular formula is C20H22F2N2O4. The number of nitrogens with one attached hydrogen (secondary N) is 2. The Morgan fingerprint density at radius 2 is 1.86 bits per heavy atom. The van der Waals surface area contributed by atoms with Crippen molar-refractivity contribution in [2.24, 2.45) is 0 Å². The number of amides is 1. The molecule has 1 fully saturated rings. The highest BCUT2D eigenvalue weighted by molar-refractivity contribution is 5.67. The zero-order valence-electron chi connectivity index (χ0n) is 15.3. The Bertz CT molecular complexity index is 796.